The predicted octanol–water partition coefficient (Wildman–Crippen LogP) is 3.17. The molecular formula is C18H17Cl2N3O3S. The van der Waals surface area contributed by atoms with E-state index in [1.807, 2.05) is 13.0 Å². The number of sulfonamides is 1. The number of rotatable bonds is 1. The summed E-state index contributed by atoms with van der Waals surface area (Å²) in [6, 6.07) is 9.71. The lowest BCUT2D eigenvalue weighted by Gasteiger charge is -2.39. The van der Waals surface area contributed by atoms with Crippen LogP contribution >= 0.6 is 23.2 Å². The fraction of sp³-hybridized carbons (Fsp3) is 0.278. The van der Waals surface area contributed by atoms with Gasteiger partial charge in [0.05, 0.1) is 11.7 Å². The van der Waals surface area contributed by atoms with Crippen molar-refractivity contribution >= 4 is 44.8 Å². The number of amides is 1. The Kier molecular flexibility index (Phi) is 4.58. The first-order valence-electron chi connectivity index (χ1n) is 8.44. The quantitative estimate of drug-likeness (QED) is 0.735. The zero-order valence-corrected chi connectivity index (χ0v) is 16.7. The van der Waals surface area contributed by atoms with Crippen molar-refractivity contribution in [3.05, 3.63) is 57.6 Å². The number of hydrogen-bond acceptors (Lipinski definition) is 4. The molecule has 9 heteroatoms. The molecule has 2 N–H and O–H groups in total. The van der Waals surface area contributed by atoms with E-state index < -0.39 is 16.2 Å². The van der Waals surface area contributed by atoms with Gasteiger partial charge in [-0.2, -0.15) is 4.72 Å². The van der Waals surface area contributed by atoms with Crippen LogP contribution in [0.4, 0.5) is 5.69 Å². The van der Waals surface area contributed by atoms with Crippen LogP contribution in [0.2, 0.25) is 10.0 Å². The Morgan fingerprint density at radius 1 is 1.22 bits per heavy atom. The van der Waals surface area contributed by atoms with Gasteiger partial charge in [0.1, 0.15) is 4.90 Å². The van der Waals surface area contributed by atoms with Crippen LogP contribution < -0.4 is 10.0 Å². The van der Waals surface area contributed by atoms with Gasteiger partial charge < -0.3 is 10.2 Å². The summed E-state index contributed by atoms with van der Waals surface area (Å²) < 4.78 is 27.4. The Balaban J connectivity index is 1.65. The maximum absolute atomic E-state index is 13.1. The van der Waals surface area contributed by atoms with Crippen LogP contribution in [0.5, 0.6) is 0 Å². The number of benzene rings is 2. The molecule has 2 aromatic rings. The van der Waals surface area contributed by atoms with Gasteiger partial charge in [-0.3, -0.25) is 4.79 Å². The van der Waals surface area contributed by atoms with Gasteiger partial charge in [0.15, 0.2) is 6.17 Å². The molecule has 0 saturated heterocycles. The Labute approximate surface area is 167 Å². The van der Waals surface area contributed by atoms with Crippen LogP contribution in [0.1, 0.15) is 24.1 Å². The largest absolute Gasteiger partial charge is 0.360 e. The zero-order valence-electron chi connectivity index (χ0n) is 14.4. The van der Waals surface area contributed by atoms with Crippen LogP contribution in [0.3, 0.4) is 0 Å². The number of fused-ring (bicyclic) bond motifs is 2. The third-order valence-corrected chi connectivity index (χ3v) is 6.98. The number of nitrogens with one attached hydrogen (secondary N) is 2. The summed E-state index contributed by atoms with van der Waals surface area (Å²) in [6.07, 6.45) is -0.471. The third-order valence-electron chi connectivity index (χ3n) is 4.97. The summed E-state index contributed by atoms with van der Waals surface area (Å²) in [4.78, 5) is 14.9. The summed E-state index contributed by atoms with van der Waals surface area (Å²) in [5.74, 6) is -0.350. The maximum Gasteiger partial charge on any atom is 0.261 e. The monoisotopic (exact) mass is 425 g/mol. The highest BCUT2D eigenvalue weighted by atomic mass is 35.5. The summed E-state index contributed by atoms with van der Waals surface area (Å²) in [5.41, 5.74) is 2.26. The lowest BCUT2D eigenvalue weighted by molar-refractivity contribution is -0.134. The molecule has 0 bridgehead atoms. The minimum atomic E-state index is -3.77. The SMILES string of the molecule is CC1c2c(Cl)cc(Cl)cc2CCN1C(=O)C1Nc2ccccc2S(=O)(=O)N1. The van der Waals surface area contributed by atoms with Gasteiger partial charge in [0, 0.05) is 16.6 Å². The standard InChI is InChI=1S/C18H17Cl2N3O3S/c1-10-16-11(8-12(19)9-13(16)20)6-7-23(10)18(24)17-21-14-4-2-3-5-15(14)27(25,26)22-17/h2-5,8-10,17,21-22H,6-7H2,1H3. The van der Waals surface area contributed by atoms with Crippen molar-refractivity contribution in [1.82, 2.24) is 9.62 Å². The van der Waals surface area contributed by atoms with Crippen LogP contribution in [0.25, 0.3) is 0 Å². The third kappa shape index (κ3) is 3.18. The molecular weight excluding hydrogens is 409 g/mol. The second-order valence-corrected chi connectivity index (χ2v) is 9.14. The molecule has 27 heavy (non-hydrogen) atoms. The van der Waals surface area contributed by atoms with E-state index in [-0.39, 0.29) is 16.8 Å². The lowest BCUT2D eigenvalue weighted by Crippen LogP contribution is -2.56. The Hall–Kier alpha value is -1.80. The molecule has 1 amide bonds. The Morgan fingerprint density at radius 2 is 1.96 bits per heavy atom. The number of carbonyl (C=O) groups excluding carboxylic acids is 1. The smallest absolute Gasteiger partial charge is 0.261 e. The number of para-hydroxylation sites is 1. The first-order chi connectivity index (χ1) is 12.8. The molecule has 0 radical (unpaired) electrons. The molecule has 2 aliphatic rings. The van der Waals surface area contributed by atoms with Crippen molar-refractivity contribution < 1.29 is 13.2 Å². The molecule has 0 aromatic heterocycles. The van der Waals surface area contributed by atoms with Gasteiger partial charge in [-0.25, -0.2) is 8.42 Å². The van der Waals surface area contributed by atoms with Crippen LogP contribution in [-0.2, 0) is 21.2 Å². The first kappa shape index (κ1) is 18.6. The van der Waals surface area contributed by atoms with Crippen molar-refractivity contribution in [2.75, 3.05) is 11.9 Å². The van der Waals surface area contributed by atoms with Crippen molar-refractivity contribution in [2.45, 2.75) is 30.4 Å². The fourth-order valence-electron chi connectivity index (χ4n) is 3.71. The van der Waals surface area contributed by atoms with Gasteiger partial charge in [-0.05, 0) is 48.7 Å². The van der Waals surface area contributed by atoms with Gasteiger partial charge in [-0.1, -0.05) is 35.3 Å². The van der Waals surface area contributed by atoms with Crippen molar-refractivity contribution in [3.8, 4) is 0 Å². The normalized spacial score (nSPS) is 23.1. The van der Waals surface area contributed by atoms with Crippen molar-refractivity contribution in [2.24, 2.45) is 0 Å². The van der Waals surface area contributed by atoms with Gasteiger partial charge in [0.2, 0.25) is 10.0 Å². The summed E-state index contributed by atoms with van der Waals surface area (Å²) in [7, 11) is -3.77. The predicted molar refractivity (Wildman–Crippen MR) is 104 cm³/mol. The molecule has 0 aliphatic carbocycles. The van der Waals surface area contributed by atoms with E-state index in [0.29, 0.717) is 28.7 Å². The minimum Gasteiger partial charge on any atom is -0.360 e. The second kappa shape index (κ2) is 6.67. The first-order valence-corrected chi connectivity index (χ1v) is 10.7. The molecule has 2 aliphatic heterocycles. The highest BCUT2D eigenvalue weighted by Crippen LogP contribution is 2.37. The van der Waals surface area contributed by atoms with Gasteiger partial charge in [0.25, 0.3) is 5.91 Å². The summed E-state index contributed by atoms with van der Waals surface area (Å²) in [5, 5.41) is 4.05. The molecule has 2 atom stereocenters. The highest BCUT2D eigenvalue weighted by molar-refractivity contribution is 7.89. The molecule has 2 unspecified atom stereocenters. The Morgan fingerprint density at radius 3 is 2.74 bits per heavy atom. The second-order valence-electron chi connectivity index (χ2n) is 6.61. The number of anilines is 1. The van der Waals surface area contributed by atoms with Gasteiger partial charge in [-0.15, -0.1) is 0 Å². The maximum atomic E-state index is 13.1. The minimum absolute atomic E-state index is 0.128. The van der Waals surface area contributed by atoms with Crippen LogP contribution in [0, 0.1) is 0 Å². The molecule has 2 aromatic carbocycles. The zero-order chi connectivity index (χ0) is 19.3. The molecule has 0 saturated carbocycles. The molecule has 4 rings (SSSR count). The van der Waals surface area contributed by atoms with Crippen LogP contribution in [0.15, 0.2) is 41.3 Å². The van der Waals surface area contributed by atoms with Crippen molar-refractivity contribution in [3.63, 3.8) is 0 Å². The number of carbonyl (C=O) groups is 1. The fourth-order valence-corrected chi connectivity index (χ4v) is 5.67. The lowest BCUT2D eigenvalue weighted by atomic mass is 9.93. The summed E-state index contributed by atoms with van der Waals surface area (Å²) in [6.45, 7) is 2.33. The number of halogens is 2. The van der Waals surface area contributed by atoms with E-state index in [9.17, 15) is 13.2 Å². The average Bonchev–Trinajstić information content (AvgIpc) is 2.60. The van der Waals surface area contributed by atoms with Crippen LogP contribution in [-0.4, -0.2) is 31.9 Å². The van der Waals surface area contributed by atoms with E-state index >= 15 is 0 Å². The Bertz CT molecular complexity index is 1040. The van der Waals surface area contributed by atoms with Crippen molar-refractivity contribution in [1.29, 1.82) is 0 Å². The van der Waals surface area contributed by atoms with E-state index in [2.05, 4.69) is 10.0 Å². The molecule has 2 heterocycles. The van der Waals surface area contributed by atoms with E-state index in [4.69, 9.17) is 23.2 Å². The number of nitrogens with zero attached hydrogens (tertiary/aromatic N) is 1. The van der Waals surface area contributed by atoms with E-state index in [1.54, 1.807) is 29.2 Å². The summed E-state index contributed by atoms with van der Waals surface area (Å²) >= 11 is 12.4. The molecule has 142 valence electrons. The molecule has 0 fully saturated rings. The van der Waals surface area contributed by atoms with Gasteiger partial charge >= 0.3 is 0 Å². The van der Waals surface area contributed by atoms with E-state index in [0.717, 1.165) is 11.1 Å². The number of hydrogen-bond donors (Lipinski definition) is 2. The average molecular weight is 426 g/mol. The van der Waals surface area contributed by atoms with E-state index in [1.165, 1.54) is 6.07 Å². The molecule has 0 spiro atoms. The highest BCUT2D eigenvalue weighted by Gasteiger charge is 2.38. The molecule has 6 nitrogen and oxygen atoms in total. The topological polar surface area (TPSA) is 78.5 Å².